The Morgan fingerprint density at radius 3 is 2.17 bits per heavy atom. The molecule has 40 heavy (non-hydrogen) atoms. The number of ether oxygens (including phenoxy) is 4. The van der Waals surface area contributed by atoms with Gasteiger partial charge >= 0.3 is 0 Å². The highest BCUT2D eigenvalue weighted by Gasteiger charge is 2.21. The number of nitriles is 1. The standard InChI is InChI=1S/C29H41N5O5S/c30-25-40-22-4-8-29(28-7-1-2-9-31-28)34-12-16-38-20-18-36-14-10-33(11-15-37-19-21-39-17-13-34)23-26-5-3-6-27(24-35)32-26/h1-3,5-7,9,24,29H,4,8,10-23H2. The van der Waals surface area contributed by atoms with Crippen molar-refractivity contribution in [1.82, 2.24) is 19.8 Å². The molecule has 1 unspecified atom stereocenters. The Balaban J connectivity index is 1.53. The minimum atomic E-state index is 0.124. The molecule has 1 aliphatic heterocycles. The molecule has 11 heteroatoms. The molecule has 0 spiro atoms. The lowest BCUT2D eigenvalue weighted by molar-refractivity contribution is 0.000420. The van der Waals surface area contributed by atoms with Crippen LogP contribution >= 0.6 is 11.8 Å². The Labute approximate surface area is 242 Å². The molecule has 10 nitrogen and oxygen atoms in total. The summed E-state index contributed by atoms with van der Waals surface area (Å²) in [5.41, 5.74) is 2.30. The van der Waals surface area contributed by atoms with Crippen LogP contribution in [0.4, 0.5) is 0 Å². The molecule has 3 heterocycles. The van der Waals surface area contributed by atoms with Crippen molar-refractivity contribution in [3.8, 4) is 5.40 Å². The number of hydrogen-bond acceptors (Lipinski definition) is 11. The van der Waals surface area contributed by atoms with Gasteiger partial charge in [0.05, 0.1) is 70.3 Å². The van der Waals surface area contributed by atoms with Crippen LogP contribution in [0, 0.1) is 10.7 Å². The average molecular weight is 572 g/mol. The lowest BCUT2D eigenvalue weighted by Crippen LogP contribution is -2.36. The van der Waals surface area contributed by atoms with Crippen LogP contribution in [0.1, 0.15) is 40.8 Å². The molecule has 2 aromatic rings. The number of thioether (sulfide) groups is 1. The van der Waals surface area contributed by atoms with Gasteiger partial charge < -0.3 is 18.9 Å². The van der Waals surface area contributed by atoms with Crippen LogP contribution in [-0.4, -0.2) is 111 Å². The fourth-order valence-corrected chi connectivity index (χ4v) is 4.86. The number of thiocyanates is 1. The maximum Gasteiger partial charge on any atom is 0.168 e. The van der Waals surface area contributed by atoms with Crippen molar-refractivity contribution in [3.05, 3.63) is 59.7 Å². The molecule has 218 valence electrons. The summed E-state index contributed by atoms with van der Waals surface area (Å²) in [6, 6.07) is 11.6. The molecule has 0 radical (unpaired) electrons. The Morgan fingerprint density at radius 1 is 0.900 bits per heavy atom. The molecule has 0 bridgehead atoms. The van der Waals surface area contributed by atoms with Gasteiger partial charge in [-0.05, 0) is 48.9 Å². The molecular weight excluding hydrogens is 530 g/mol. The van der Waals surface area contributed by atoms with Gasteiger partial charge in [-0.3, -0.25) is 19.6 Å². The SMILES string of the molecule is N#CSCCCC(c1ccccn1)N1CCOCCOCCN(Cc2cccc(C=O)n2)CCOCCOCC1. The smallest absolute Gasteiger partial charge is 0.168 e. The molecular formula is C29H41N5O5S. The van der Waals surface area contributed by atoms with Crippen LogP contribution in [0.25, 0.3) is 0 Å². The maximum absolute atomic E-state index is 11.1. The second-order valence-corrected chi connectivity index (χ2v) is 10.2. The minimum absolute atomic E-state index is 0.124. The van der Waals surface area contributed by atoms with Crippen molar-refractivity contribution in [2.45, 2.75) is 25.4 Å². The lowest BCUT2D eigenvalue weighted by Gasteiger charge is -2.31. The van der Waals surface area contributed by atoms with E-state index in [-0.39, 0.29) is 6.04 Å². The Kier molecular flexibility index (Phi) is 16.4. The van der Waals surface area contributed by atoms with Crippen LogP contribution in [-0.2, 0) is 25.5 Å². The fourth-order valence-electron chi connectivity index (χ4n) is 4.45. The van der Waals surface area contributed by atoms with Crippen LogP contribution in [0.2, 0.25) is 0 Å². The lowest BCUT2D eigenvalue weighted by atomic mass is 10.1. The van der Waals surface area contributed by atoms with Crippen LogP contribution in [0.15, 0.2) is 42.6 Å². The van der Waals surface area contributed by atoms with Crippen LogP contribution in [0.5, 0.6) is 0 Å². The van der Waals surface area contributed by atoms with E-state index in [0.29, 0.717) is 65.1 Å². The van der Waals surface area contributed by atoms with Gasteiger partial charge in [-0.1, -0.05) is 12.1 Å². The highest BCUT2D eigenvalue weighted by molar-refractivity contribution is 8.03. The van der Waals surface area contributed by atoms with Gasteiger partial charge in [0.15, 0.2) is 6.29 Å². The number of carbonyl (C=O) groups is 1. The van der Waals surface area contributed by atoms with Gasteiger partial charge in [0.2, 0.25) is 0 Å². The Morgan fingerprint density at radius 2 is 1.57 bits per heavy atom. The number of aromatic nitrogens is 2. The van der Waals surface area contributed by atoms with Crippen molar-refractivity contribution < 1.29 is 23.7 Å². The van der Waals surface area contributed by atoms with Crippen LogP contribution in [0.3, 0.4) is 0 Å². The van der Waals surface area contributed by atoms with E-state index in [2.05, 4.69) is 31.2 Å². The summed E-state index contributed by atoms with van der Waals surface area (Å²) in [6.45, 7) is 7.89. The molecule has 0 aromatic carbocycles. The number of hydrogen-bond donors (Lipinski definition) is 0. The molecule has 1 aliphatic rings. The topological polar surface area (TPSA) is 110 Å². The van der Waals surface area contributed by atoms with E-state index in [0.717, 1.165) is 62.4 Å². The molecule has 0 saturated carbocycles. The van der Waals surface area contributed by atoms with Gasteiger partial charge in [-0.25, -0.2) is 4.98 Å². The Bertz CT molecular complexity index is 976. The zero-order chi connectivity index (χ0) is 28.1. The molecule has 2 aromatic heterocycles. The van der Waals surface area contributed by atoms with Gasteiger partial charge in [0, 0.05) is 44.7 Å². The first-order chi connectivity index (χ1) is 19.8. The number of pyridine rings is 2. The van der Waals surface area contributed by atoms with Gasteiger partial charge in [0.25, 0.3) is 0 Å². The summed E-state index contributed by atoms with van der Waals surface area (Å²) in [7, 11) is 0. The number of nitrogens with zero attached hydrogens (tertiary/aromatic N) is 5. The first-order valence-corrected chi connectivity index (χ1v) is 14.9. The van der Waals surface area contributed by atoms with E-state index in [1.807, 2.05) is 30.5 Å². The maximum atomic E-state index is 11.1. The normalized spacial score (nSPS) is 18.7. The monoisotopic (exact) mass is 571 g/mol. The fraction of sp³-hybridized carbons (Fsp3) is 0.586. The molecule has 1 saturated heterocycles. The van der Waals surface area contributed by atoms with Crippen molar-refractivity contribution in [2.24, 2.45) is 0 Å². The summed E-state index contributed by atoms with van der Waals surface area (Å²) >= 11 is 1.29. The highest BCUT2D eigenvalue weighted by Crippen LogP contribution is 2.25. The van der Waals surface area contributed by atoms with Gasteiger partial charge in [-0.2, -0.15) is 5.26 Å². The van der Waals surface area contributed by atoms with Gasteiger partial charge in [-0.15, -0.1) is 0 Å². The average Bonchev–Trinajstić information content (AvgIpc) is 2.99. The van der Waals surface area contributed by atoms with Crippen molar-refractivity contribution in [2.75, 3.05) is 84.8 Å². The summed E-state index contributed by atoms with van der Waals surface area (Å²) < 4.78 is 23.6. The second-order valence-electron chi connectivity index (χ2n) is 9.29. The van der Waals surface area contributed by atoms with E-state index < -0.39 is 0 Å². The summed E-state index contributed by atoms with van der Waals surface area (Å²) in [5, 5.41) is 11.1. The summed E-state index contributed by atoms with van der Waals surface area (Å²) in [5.74, 6) is 0.800. The summed E-state index contributed by atoms with van der Waals surface area (Å²) in [6.07, 6.45) is 4.43. The van der Waals surface area contributed by atoms with E-state index in [9.17, 15) is 4.79 Å². The third kappa shape index (κ3) is 12.8. The van der Waals surface area contributed by atoms with Crippen molar-refractivity contribution in [1.29, 1.82) is 5.26 Å². The van der Waals surface area contributed by atoms with E-state index in [1.54, 1.807) is 6.07 Å². The largest absolute Gasteiger partial charge is 0.378 e. The molecule has 1 fully saturated rings. The number of carbonyl (C=O) groups excluding carboxylic acids is 1. The van der Waals surface area contributed by atoms with E-state index >= 15 is 0 Å². The molecule has 3 rings (SSSR count). The van der Waals surface area contributed by atoms with E-state index in [4.69, 9.17) is 24.2 Å². The zero-order valence-electron chi connectivity index (χ0n) is 23.2. The van der Waals surface area contributed by atoms with Crippen molar-refractivity contribution in [3.63, 3.8) is 0 Å². The molecule has 0 amide bonds. The van der Waals surface area contributed by atoms with Gasteiger partial charge in [0.1, 0.15) is 11.1 Å². The number of aldehydes is 1. The van der Waals surface area contributed by atoms with E-state index in [1.165, 1.54) is 11.8 Å². The molecule has 0 aliphatic carbocycles. The highest BCUT2D eigenvalue weighted by atomic mass is 32.2. The molecule has 0 N–H and O–H groups in total. The summed E-state index contributed by atoms with van der Waals surface area (Å²) in [4.78, 5) is 24.7. The second kappa shape index (κ2) is 20.4. The first-order valence-electron chi connectivity index (χ1n) is 13.9. The zero-order valence-corrected chi connectivity index (χ0v) is 24.0. The Hall–Kier alpha value is -2.43. The predicted octanol–water partition coefficient (Wildman–Crippen LogP) is 3.21. The number of rotatable bonds is 9. The minimum Gasteiger partial charge on any atom is -0.378 e. The quantitative estimate of drug-likeness (QED) is 0.251. The third-order valence-electron chi connectivity index (χ3n) is 6.49. The first kappa shape index (κ1) is 32.1. The molecule has 1 atom stereocenters. The van der Waals surface area contributed by atoms with Crippen LogP contribution < -0.4 is 0 Å². The third-order valence-corrected chi connectivity index (χ3v) is 7.11. The van der Waals surface area contributed by atoms with Crippen molar-refractivity contribution >= 4 is 18.0 Å². The predicted molar refractivity (Wildman–Crippen MR) is 154 cm³/mol.